The highest BCUT2D eigenvalue weighted by molar-refractivity contribution is 5.43. The van der Waals surface area contributed by atoms with Gasteiger partial charge in [-0.3, -0.25) is 0 Å². The lowest BCUT2D eigenvalue weighted by molar-refractivity contribution is 0.283. The summed E-state index contributed by atoms with van der Waals surface area (Å²) in [7, 11) is 0. The van der Waals surface area contributed by atoms with Crippen LogP contribution in [0.5, 0.6) is 17.2 Å². The van der Waals surface area contributed by atoms with E-state index >= 15 is 0 Å². The fourth-order valence-electron chi connectivity index (χ4n) is 2.87. The van der Waals surface area contributed by atoms with Crippen LogP contribution in [0.25, 0.3) is 0 Å². The van der Waals surface area contributed by atoms with Gasteiger partial charge in [0.05, 0.1) is 13.2 Å². The van der Waals surface area contributed by atoms with Gasteiger partial charge in [0, 0.05) is 12.2 Å². The third-order valence-electron chi connectivity index (χ3n) is 4.21. The summed E-state index contributed by atoms with van der Waals surface area (Å²) in [6.07, 6.45) is 0. The number of hydrogen-bond acceptors (Lipinski definition) is 5. The van der Waals surface area contributed by atoms with E-state index in [2.05, 4.69) is 16.9 Å². The molecule has 0 aromatic heterocycles. The average Bonchev–Trinajstić information content (AvgIpc) is 2.75. The number of nitrogens with one attached hydrogen (secondary N) is 2. The van der Waals surface area contributed by atoms with Crippen molar-refractivity contribution >= 4 is 5.69 Å². The molecular weight excluding hydrogens is 364 g/mol. The van der Waals surface area contributed by atoms with Gasteiger partial charge in [0.25, 0.3) is 0 Å². The molecule has 0 aliphatic rings. The van der Waals surface area contributed by atoms with Crippen LogP contribution in [-0.2, 0) is 13.2 Å². The minimum atomic E-state index is 0.464. The first-order valence-electron chi connectivity index (χ1n) is 9.92. The Balaban J connectivity index is 1.55. The van der Waals surface area contributed by atoms with E-state index in [1.54, 1.807) is 0 Å². The molecule has 0 fully saturated rings. The van der Waals surface area contributed by atoms with Gasteiger partial charge >= 0.3 is 0 Å². The highest BCUT2D eigenvalue weighted by Gasteiger charge is 2.07. The van der Waals surface area contributed by atoms with Crippen LogP contribution >= 0.6 is 0 Å². The zero-order valence-corrected chi connectivity index (χ0v) is 17.0. The SMILES string of the molecule is CCOc1ccc(COc2cccc(CNNc3ccccc3)c2)cc1OCC. The lowest BCUT2D eigenvalue weighted by Gasteiger charge is -2.13. The van der Waals surface area contributed by atoms with E-state index in [0.717, 1.165) is 34.1 Å². The van der Waals surface area contributed by atoms with Crippen molar-refractivity contribution in [3.05, 3.63) is 83.9 Å². The summed E-state index contributed by atoms with van der Waals surface area (Å²) >= 11 is 0. The molecule has 0 saturated heterocycles. The summed E-state index contributed by atoms with van der Waals surface area (Å²) in [4.78, 5) is 0. The minimum absolute atomic E-state index is 0.464. The maximum absolute atomic E-state index is 5.99. The molecule has 0 unspecified atom stereocenters. The van der Waals surface area contributed by atoms with Crippen molar-refractivity contribution < 1.29 is 14.2 Å². The molecule has 152 valence electrons. The summed E-state index contributed by atoms with van der Waals surface area (Å²) in [5.41, 5.74) is 9.60. The summed E-state index contributed by atoms with van der Waals surface area (Å²) in [6.45, 7) is 6.27. The molecule has 3 aromatic rings. The first-order valence-corrected chi connectivity index (χ1v) is 9.92. The van der Waals surface area contributed by atoms with E-state index in [9.17, 15) is 0 Å². The molecular formula is C24H28N2O3. The van der Waals surface area contributed by atoms with Crippen molar-refractivity contribution in [1.29, 1.82) is 0 Å². The molecule has 5 heteroatoms. The van der Waals surface area contributed by atoms with E-state index in [1.807, 2.05) is 80.6 Å². The van der Waals surface area contributed by atoms with Crippen molar-refractivity contribution in [2.75, 3.05) is 18.6 Å². The maximum atomic E-state index is 5.99. The number of para-hydroxylation sites is 1. The molecule has 2 N–H and O–H groups in total. The first kappa shape index (κ1) is 20.6. The largest absolute Gasteiger partial charge is 0.490 e. The van der Waals surface area contributed by atoms with Crippen molar-refractivity contribution in [2.45, 2.75) is 27.0 Å². The number of hydrazine groups is 1. The molecule has 0 saturated carbocycles. The Morgan fingerprint density at radius 1 is 0.690 bits per heavy atom. The van der Waals surface area contributed by atoms with Crippen molar-refractivity contribution in [3.63, 3.8) is 0 Å². The van der Waals surface area contributed by atoms with Crippen LogP contribution in [0, 0.1) is 0 Å². The molecule has 0 radical (unpaired) electrons. The fourth-order valence-corrected chi connectivity index (χ4v) is 2.87. The van der Waals surface area contributed by atoms with Gasteiger partial charge in [0.2, 0.25) is 0 Å². The number of hydrogen-bond donors (Lipinski definition) is 2. The van der Waals surface area contributed by atoms with Gasteiger partial charge in [-0.15, -0.1) is 0 Å². The predicted octanol–water partition coefficient (Wildman–Crippen LogP) is 5.18. The average molecular weight is 392 g/mol. The van der Waals surface area contributed by atoms with Gasteiger partial charge in [-0.05, 0) is 61.4 Å². The number of rotatable bonds is 11. The zero-order valence-electron chi connectivity index (χ0n) is 17.0. The second-order valence-corrected chi connectivity index (χ2v) is 6.43. The number of benzene rings is 3. The van der Waals surface area contributed by atoms with Crippen LogP contribution in [0.4, 0.5) is 5.69 Å². The molecule has 0 aliphatic heterocycles. The Hall–Kier alpha value is -3.18. The van der Waals surface area contributed by atoms with E-state index < -0.39 is 0 Å². The van der Waals surface area contributed by atoms with Gasteiger partial charge in [-0.2, -0.15) is 0 Å². The highest BCUT2D eigenvalue weighted by atomic mass is 16.5. The molecule has 0 spiro atoms. The molecule has 0 heterocycles. The second-order valence-electron chi connectivity index (χ2n) is 6.43. The lowest BCUT2D eigenvalue weighted by Crippen LogP contribution is -2.20. The Bertz CT molecular complexity index is 884. The van der Waals surface area contributed by atoms with Crippen LogP contribution in [-0.4, -0.2) is 13.2 Å². The lowest BCUT2D eigenvalue weighted by atomic mass is 10.2. The molecule has 0 bridgehead atoms. The molecule has 29 heavy (non-hydrogen) atoms. The normalized spacial score (nSPS) is 10.4. The smallest absolute Gasteiger partial charge is 0.161 e. The molecule has 3 rings (SSSR count). The van der Waals surface area contributed by atoms with Gasteiger partial charge < -0.3 is 19.6 Å². The molecule has 0 atom stereocenters. The quantitative estimate of drug-likeness (QED) is 0.440. The van der Waals surface area contributed by atoms with Crippen LogP contribution in [0.15, 0.2) is 72.8 Å². The Kier molecular flexibility index (Phi) is 7.78. The van der Waals surface area contributed by atoms with Gasteiger partial charge in [-0.25, -0.2) is 5.43 Å². The summed E-state index contributed by atoms with van der Waals surface area (Å²) in [5.74, 6) is 2.34. The number of anilines is 1. The number of ether oxygens (including phenoxy) is 3. The van der Waals surface area contributed by atoms with Crippen molar-refractivity contribution in [3.8, 4) is 17.2 Å². The highest BCUT2D eigenvalue weighted by Crippen LogP contribution is 2.29. The van der Waals surface area contributed by atoms with Gasteiger partial charge in [0.1, 0.15) is 12.4 Å². The van der Waals surface area contributed by atoms with E-state index in [-0.39, 0.29) is 0 Å². The molecule has 0 aliphatic carbocycles. The topological polar surface area (TPSA) is 51.8 Å². The zero-order chi connectivity index (χ0) is 20.3. The monoisotopic (exact) mass is 392 g/mol. The van der Waals surface area contributed by atoms with Crippen LogP contribution in [0.3, 0.4) is 0 Å². The molecule has 0 amide bonds. The maximum Gasteiger partial charge on any atom is 0.161 e. The Morgan fingerprint density at radius 2 is 1.48 bits per heavy atom. The third kappa shape index (κ3) is 6.43. The molecule has 3 aromatic carbocycles. The van der Waals surface area contributed by atoms with Gasteiger partial charge in [0.15, 0.2) is 11.5 Å². The summed E-state index contributed by atoms with van der Waals surface area (Å²) < 4.78 is 17.3. The van der Waals surface area contributed by atoms with E-state index in [0.29, 0.717) is 26.4 Å². The minimum Gasteiger partial charge on any atom is -0.490 e. The van der Waals surface area contributed by atoms with Crippen LogP contribution in [0.1, 0.15) is 25.0 Å². The standard InChI is InChI=1S/C24H28N2O3/c1-3-27-23-14-13-20(16-24(23)28-4-2)18-29-22-12-8-9-19(15-22)17-25-26-21-10-6-5-7-11-21/h5-16,25-26H,3-4,17-18H2,1-2H3. The van der Waals surface area contributed by atoms with Crippen molar-refractivity contribution in [1.82, 2.24) is 5.43 Å². The second kappa shape index (κ2) is 11.0. The summed E-state index contributed by atoms with van der Waals surface area (Å²) in [6, 6.07) is 24.0. The summed E-state index contributed by atoms with van der Waals surface area (Å²) in [5, 5.41) is 0. The third-order valence-corrected chi connectivity index (χ3v) is 4.21. The van der Waals surface area contributed by atoms with E-state index in [4.69, 9.17) is 14.2 Å². The Labute approximate surface area is 172 Å². The Morgan fingerprint density at radius 3 is 2.28 bits per heavy atom. The first-order chi connectivity index (χ1) is 14.3. The molecule has 5 nitrogen and oxygen atoms in total. The van der Waals surface area contributed by atoms with Crippen LogP contribution < -0.4 is 25.1 Å². The van der Waals surface area contributed by atoms with E-state index in [1.165, 1.54) is 0 Å². The predicted molar refractivity (Wildman–Crippen MR) is 116 cm³/mol. The fraction of sp³-hybridized carbons (Fsp3) is 0.250. The van der Waals surface area contributed by atoms with Gasteiger partial charge in [-0.1, -0.05) is 36.4 Å². The van der Waals surface area contributed by atoms with Crippen molar-refractivity contribution in [2.24, 2.45) is 0 Å². The van der Waals surface area contributed by atoms with Crippen LogP contribution in [0.2, 0.25) is 0 Å².